The molecule has 1 nitrogen and oxygen atoms in total. The molecule has 1 atom stereocenters. The van der Waals surface area contributed by atoms with E-state index in [1.807, 2.05) is 24.3 Å². The zero-order valence-corrected chi connectivity index (χ0v) is 9.73. The van der Waals surface area contributed by atoms with Crippen molar-refractivity contribution < 1.29 is 4.79 Å². The van der Waals surface area contributed by atoms with Gasteiger partial charge in [0.15, 0.2) is 0 Å². The van der Waals surface area contributed by atoms with E-state index >= 15 is 0 Å². The van der Waals surface area contributed by atoms with Gasteiger partial charge in [0.25, 0.3) is 0 Å². The minimum absolute atomic E-state index is 0.453. The van der Waals surface area contributed by atoms with Crippen LogP contribution in [0, 0.1) is 13.8 Å². The van der Waals surface area contributed by atoms with Crippen molar-refractivity contribution in [3.05, 3.63) is 59.2 Å². The average molecular weight is 212 g/mol. The highest BCUT2D eigenvalue weighted by Gasteiger charge is 2.29. The van der Waals surface area contributed by atoms with Crippen LogP contribution in [-0.4, -0.2) is 6.29 Å². The first-order valence-corrected chi connectivity index (χ1v) is 5.56. The van der Waals surface area contributed by atoms with Gasteiger partial charge in [-0.3, -0.25) is 0 Å². The van der Waals surface area contributed by atoms with Crippen molar-refractivity contribution in [2.45, 2.75) is 25.7 Å². The van der Waals surface area contributed by atoms with Gasteiger partial charge >= 0.3 is 0 Å². The summed E-state index contributed by atoms with van der Waals surface area (Å²) < 4.78 is 0. The highest BCUT2D eigenvalue weighted by molar-refractivity contribution is 5.73. The Kier molecular flexibility index (Phi) is 2.78. The number of allylic oxidation sites excluding steroid dienone is 4. The lowest BCUT2D eigenvalue weighted by molar-refractivity contribution is -0.111. The van der Waals surface area contributed by atoms with E-state index in [0.29, 0.717) is 0 Å². The highest BCUT2D eigenvalue weighted by Crippen LogP contribution is 2.31. The SMILES string of the molecule is Cc1cc(C)cc(C2(C=O)C=CC=CC2)c1. The highest BCUT2D eigenvalue weighted by atomic mass is 16.1. The Balaban J connectivity index is 2.52. The van der Waals surface area contributed by atoms with E-state index in [9.17, 15) is 4.79 Å². The van der Waals surface area contributed by atoms with Crippen molar-refractivity contribution in [1.29, 1.82) is 0 Å². The number of aryl methyl sites for hydroxylation is 2. The van der Waals surface area contributed by atoms with E-state index < -0.39 is 5.41 Å². The third-order valence-electron chi connectivity index (χ3n) is 3.07. The largest absolute Gasteiger partial charge is 0.302 e. The maximum Gasteiger partial charge on any atom is 0.134 e. The number of aldehydes is 1. The summed E-state index contributed by atoms with van der Waals surface area (Å²) in [5.74, 6) is 0. The van der Waals surface area contributed by atoms with E-state index in [1.165, 1.54) is 11.1 Å². The molecule has 1 aliphatic rings. The van der Waals surface area contributed by atoms with Crippen molar-refractivity contribution in [3.8, 4) is 0 Å². The van der Waals surface area contributed by atoms with E-state index in [4.69, 9.17) is 0 Å². The Morgan fingerprint density at radius 1 is 1.12 bits per heavy atom. The first-order valence-electron chi connectivity index (χ1n) is 5.56. The Hall–Kier alpha value is -1.63. The molecular formula is C15H16O. The fourth-order valence-corrected chi connectivity index (χ4v) is 2.25. The van der Waals surface area contributed by atoms with Gasteiger partial charge in [0.1, 0.15) is 6.29 Å². The van der Waals surface area contributed by atoms with Crippen molar-refractivity contribution in [2.24, 2.45) is 0 Å². The van der Waals surface area contributed by atoms with Crippen LogP contribution < -0.4 is 0 Å². The quantitative estimate of drug-likeness (QED) is 0.688. The van der Waals surface area contributed by atoms with E-state index in [1.54, 1.807) is 0 Å². The molecule has 82 valence electrons. The molecule has 0 aromatic heterocycles. The van der Waals surface area contributed by atoms with E-state index in [0.717, 1.165) is 18.3 Å². The van der Waals surface area contributed by atoms with Crippen molar-refractivity contribution in [2.75, 3.05) is 0 Å². The smallest absolute Gasteiger partial charge is 0.134 e. The molecule has 1 aliphatic carbocycles. The Bertz CT molecular complexity index is 448. The number of hydrogen-bond acceptors (Lipinski definition) is 1. The molecule has 2 rings (SSSR count). The van der Waals surface area contributed by atoms with Gasteiger partial charge in [-0.05, 0) is 25.8 Å². The molecule has 1 aromatic carbocycles. The first-order chi connectivity index (χ1) is 7.66. The molecule has 0 radical (unpaired) electrons. The van der Waals surface area contributed by atoms with Crippen molar-refractivity contribution in [3.63, 3.8) is 0 Å². The lowest BCUT2D eigenvalue weighted by atomic mass is 9.76. The van der Waals surface area contributed by atoms with E-state index in [2.05, 4.69) is 32.0 Å². The number of benzene rings is 1. The predicted molar refractivity (Wildman–Crippen MR) is 66.6 cm³/mol. The molecular weight excluding hydrogens is 196 g/mol. The summed E-state index contributed by atoms with van der Waals surface area (Å²) in [4.78, 5) is 11.4. The fraction of sp³-hybridized carbons (Fsp3) is 0.267. The van der Waals surface area contributed by atoms with Crippen molar-refractivity contribution >= 4 is 6.29 Å². The molecule has 1 heteroatoms. The van der Waals surface area contributed by atoms with Gasteiger partial charge in [-0.1, -0.05) is 53.6 Å². The number of hydrogen-bond donors (Lipinski definition) is 0. The molecule has 0 heterocycles. The fourth-order valence-electron chi connectivity index (χ4n) is 2.25. The maximum atomic E-state index is 11.4. The maximum absolute atomic E-state index is 11.4. The zero-order chi connectivity index (χ0) is 11.6. The summed E-state index contributed by atoms with van der Waals surface area (Å²) in [7, 11) is 0. The van der Waals surface area contributed by atoms with Crippen LogP contribution in [0.1, 0.15) is 23.1 Å². The van der Waals surface area contributed by atoms with Crippen LogP contribution in [0.5, 0.6) is 0 Å². The molecule has 1 aromatic rings. The lowest BCUT2D eigenvalue weighted by Crippen LogP contribution is -2.26. The van der Waals surface area contributed by atoms with Crippen LogP contribution in [0.25, 0.3) is 0 Å². The number of carbonyl (C=O) groups is 1. The third-order valence-corrected chi connectivity index (χ3v) is 3.07. The standard InChI is InChI=1S/C15H16O/c1-12-8-13(2)10-14(9-12)15(11-16)6-4-3-5-7-15/h3-6,8-11H,7H2,1-2H3. The molecule has 0 saturated heterocycles. The molecule has 1 unspecified atom stereocenters. The van der Waals surface area contributed by atoms with Gasteiger partial charge < -0.3 is 4.79 Å². The molecule has 0 spiro atoms. The second kappa shape index (κ2) is 4.09. The monoisotopic (exact) mass is 212 g/mol. The summed E-state index contributed by atoms with van der Waals surface area (Å²) in [6.45, 7) is 4.13. The number of rotatable bonds is 2. The van der Waals surface area contributed by atoms with Gasteiger partial charge in [0, 0.05) is 0 Å². The lowest BCUT2D eigenvalue weighted by Gasteiger charge is -2.26. The summed E-state index contributed by atoms with van der Waals surface area (Å²) in [5.41, 5.74) is 3.06. The summed E-state index contributed by atoms with van der Waals surface area (Å²) in [6.07, 6.45) is 9.80. The molecule has 0 aliphatic heterocycles. The molecule has 16 heavy (non-hydrogen) atoms. The predicted octanol–water partition coefficient (Wildman–Crippen LogP) is 3.26. The minimum atomic E-state index is -0.453. The van der Waals surface area contributed by atoms with Crippen LogP contribution in [0.3, 0.4) is 0 Å². The minimum Gasteiger partial charge on any atom is -0.302 e. The van der Waals surface area contributed by atoms with Crippen LogP contribution >= 0.6 is 0 Å². The summed E-state index contributed by atoms with van der Waals surface area (Å²) in [5, 5.41) is 0. The topological polar surface area (TPSA) is 17.1 Å². The van der Waals surface area contributed by atoms with Gasteiger partial charge in [-0.15, -0.1) is 0 Å². The Labute approximate surface area is 96.5 Å². The normalized spacial score (nSPS) is 23.4. The van der Waals surface area contributed by atoms with E-state index in [-0.39, 0.29) is 0 Å². The van der Waals surface area contributed by atoms with Gasteiger partial charge in [0.05, 0.1) is 5.41 Å². The average Bonchev–Trinajstić information content (AvgIpc) is 2.28. The number of carbonyl (C=O) groups excluding carboxylic acids is 1. The second-order valence-corrected chi connectivity index (χ2v) is 4.53. The van der Waals surface area contributed by atoms with Crippen LogP contribution in [0.2, 0.25) is 0 Å². The molecule has 0 fully saturated rings. The summed E-state index contributed by atoms with van der Waals surface area (Å²) in [6, 6.07) is 6.33. The third kappa shape index (κ3) is 1.85. The van der Waals surface area contributed by atoms with Crippen LogP contribution in [0.15, 0.2) is 42.5 Å². The molecule has 0 amide bonds. The Morgan fingerprint density at radius 3 is 2.31 bits per heavy atom. The van der Waals surface area contributed by atoms with Crippen molar-refractivity contribution in [1.82, 2.24) is 0 Å². The second-order valence-electron chi connectivity index (χ2n) is 4.53. The molecule has 0 saturated carbocycles. The molecule has 0 bridgehead atoms. The Morgan fingerprint density at radius 2 is 1.81 bits per heavy atom. The summed E-state index contributed by atoms with van der Waals surface area (Å²) >= 11 is 0. The van der Waals surface area contributed by atoms with Crippen LogP contribution in [-0.2, 0) is 10.2 Å². The first kappa shape index (κ1) is 10.9. The van der Waals surface area contributed by atoms with Gasteiger partial charge in [0.2, 0.25) is 0 Å². The molecule has 0 N–H and O–H groups in total. The van der Waals surface area contributed by atoms with Gasteiger partial charge in [-0.2, -0.15) is 0 Å². The zero-order valence-electron chi connectivity index (χ0n) is 9.73. The van der Waals surface area contributed by atoms with Crippen LogP contribution in [0.4, 0.5) is 0 Å². The van der Waals surface area contributed by atoms with Gasteiger partial charge in [-0.25, -0.2) is 0 Å².